The van der Waals surface area contributed by atoms with Crippen molar-refractivity contribution in [2.24, 2.45) is 0 Å². The van der Waals surface area contributed by atoms with Gasteiger partial charge in [-0.25, -0.2) is 17.1 Å². The molecular formula is C5H12FNO2S. The molecule has 62 valence electrons. The molecule has 0 fully saturated rings. The largest absolute Gasteiger partial charge is 0.250 e. The maximum atomic E-state index is 11.6. The van der Waals surface area contributed by atoms with Gasteiger partial charge in [-0.1, -0.05) is 6.92 Å². The first kappa shape index (κ1) is 9.84. The van der Waals surface area contributed by atoms with Crippen LogP contribution in [0.3, 0.4) is 0 Å². The zero-order valence-corrected chi connectivity index (χ0v) is 6.99. The van der Waals surface area contributed by atoms with Crippen molar-refractivity contribution in [2.75, 3.05) is 26.0 Å². The fourth-order valence-corrected chi connectivity index (χ4v) is 1.35. The van der Waals surface area contributed by atoms with Gasteiger partial charge in [0.05, 0.1) is 5.75 Å². The van der Waals surface area contributed by atoms with E-state index in [9.17, 15) is 12.8 Å². The molecule has 0 bridgehead atoms. The molecule has 10 heavy (non-hydrogen) atoms. The van der Waals surface area contributed by atoms with Crippen molar-refractivity contribution in [3.05, 3.63) is 0 Å². The van der Waals surface area contributed by atoms with Gasteiger partial charge in [0.1, 0.15) is 6.67 Å². The Labute approximate surface area is 60.9 Å². The molecule has 0 aromatic carbocycles. The van der Waals surface area contributed by atoms with Gasteiger partial charge >= 0.3 is 0 Å². The van der Waals surface area contributed by atoms with Crippen molar-refractivity contribution >= 4 is 10.0 Å². The second-order valence-electron chi connectivity index (χ2n) is 1.92. The van der Waals surface area contributed by atoms with Gasteiger partial charge < -0.3 is 0 Å². The summed E-state index contributed by atoms with van der Waals surface area (Å²) in [4.78, 5) is 0. The number of rotatable bonds is 4. The van der Waals surface area contributed by atoms with E-state index >= 15 is 0 Å². The molecule has 0 rings (SSSR count). The molecule has 0 aromatic rings. The van der Waals surface area contributed by atoms with Gasteiger partial charge in [0.25, 0.3) is 0 Å². The second-order valence-corrected chi connectivity index (χ2v) is 4.11. The second kappa shape index (κ2) is 3.88. The summed E-state index contributed by atoms with van der Waals surface area (Å²) in [5.41, 5.74) is 0. The molecular weight excluding hydrogens is 157 g/mol. The van der Waals surface area contributed by atoms with Crippen LogP contribution in [0.2, 0.25) is 0 Å². The topological polar surface area (TPSA) is 37.4 Å². The lowest BCUT2D eigenvalue weighted by molar-refractivity contribution is 0.466. The predicted octanol–water partition coefficient (Wildman–Crippen LogP) is 0.237. The Kier molecular flexibility index (Phi) is 3.81. The highest BCUT2D eigenvalue weighted by Gasteiger charge is 2.14. The zero-order chi connectivity index (χ0) is 8.20. The summed E-state index contributed by atoms with van der Waals surface area (Å²) < 4.78 is 34.4. The van der Waals surface area contributed by atoms with Crippen molar-refractivity contribution < 1.29 is 12.8 Å². The third kappa shape index (κ3) is 2.62. The standard InChI is InChI=1S/C5H12FNO2S/c1-3-7(2)10(8,9)5-4-6/h3-5H2,1-2H3. The van der Waals surface area contributed by atoms with E-state index in [1.807, 2.05) is 0 Å². The van der Waals surface area contributed by atoms with Crippen molar-refractivity contribution in [1.82, 2.24) is 4.31 Å². The molecule has 0 saturated carbocycles. The van der Waals surface area contributed by atoms with Crippen molar-refractivity contribution in [3.63, 3.8) is 0 Å². The van der Waals surface area contributed by atoms with Crippen LogP contribution in [0.5, 0.6) is 0 Å². The third-order valence-corrected chi connectivity index (χ3v) is 3.13. The van der Waals surface area contributed by atoms with Crippen LogP contribution in [0.15, 0.2) is 0 Å². The van der Waals surface area contributed by atoms with Gasteiger partial charge in [0, 0.05) is 13.6 Å². The van der Waals surface area contributed by atoms with Crippen molar-refractivity contribution in [3.8, 4) is 0 Å². The van der Waals surface area contributed by atoms with E-state index in [1.54, 1.807) is 6.92 Å². The Morgan fingerprint density at radius 1 is 1.50 bits per heavy atom. The van der Waals surface area contributed by atoms with Crippen molar-refractivity contribution in [2.45, 2.75) is 6.92 Å². The first-order valence-electron chi connectivity index (χ1n) is 3.04. The smallest absolute Gasteiger partial charge is 0.216 e. The number of alkyl halides is 1. The molecule has 0 amide bonds. The minimum Gasteiger partial charge on any atom is -0.250 e. The quantitative estimate of drug-likeness (QED) is 0.604. The van der Waals surface area contributed by atoms with Gasteiger partial charge in [0.2, 0.25) is 10.0 Å². The van der Waals surface area contributed by atoms with Gasteiger partial charge in [0.15, 0.2) is 0 Å². The number of nitrogens with zero attached hydrogens (tertiary/aromatic N) is 1. The first-order chi connectivity index (χ1) is 4.54. The van der Waals surface area contributed by atoms with Crippen LogP contribution in [0.25, 0.3) is 0 Å². The maximum Gasteiger partial charge on any atom is 0.216 e. The number of hydrogen-bond donors (Lipinski definition) is 0. The van der Waals surface area contributed by atoms with Gasteiger partial charge in [-0.2, -0.15) is 0 Å². The van der Waals surface area contributed by atoms with E-state index in [2.05, 4.69) is 0 Å². The summed E-state index contributed by atoms with van der Waals surface area (Å²) in [6, 6.07) is 0. The summed E-state index contributed by atoms with van der Waals surface area (Å²) in [5.74, 6) is -0.405. The Bertz CT molecular complexity index is 178. The Morgan fingerprint density at radius 3 is 2.30 bits per heavy atom. The molecule has 0 aliphatic heterocycles. The van der Waals surface area contributed by atoms with Gasteiger partial charge in [-0.3, -0.25) is 0 Å². The van der Waals surface area contributed by atoms with Crippen molar-refractivity contribution in [1.29, 1.82) is 0 Å². The third-order valence-electron chi connectivity index (χ3n) is 1.26. The number of hydrogen-bond acceptors (Lipinski definition) is 2. The molecule has 3 nitrogen and oxygen atoms in total. The van der Waals surface area contributed by atoms with Crippen LogP contribution in [-0.2, 0) is 10.0 Å². The monoisotopic (exact) mass is 169 g/mol. The molecule has 0 N–H and O–H groups in total. The van der Waals surface area contributed by atoms with E-state index in [4.69, 9.17) is 0 Å². The lowest BCUT2D eigenvalue weighted by Gasteiger charge is -2.12. The van der Waals surface area contributed by atoms with E-state index in [-0.39, 0.29) is 0 Å². The molecule has 0 aromatic heterocycles. The van der Waals surface area contributed by atoms with Crippen LogP contribution < -0.4 is 0 Å². The average molecular weight is 169 g/mol. The molecule has 0 spiro atoms. The lowest BCUT2D eigenvalue weighted by Crippen LogP contribution is -2.29. The highest BCUT2D eigenvalue weighted by molar-refractivity contribution is 7.89. The van der Waals surface area contributed by atoms with E-state index < -0.39 is 22.5 Å². The minimum absolute atomic E-state index is 0.391. The fraction of sp³-hybridized carbons (Fsp3) is 1.00. The fourth-order valence-electron chi connectivity index (χ4n) is 0.450. The number of sulfonamides is 1. The first-order valence-corrected chi connectivity index (χ1v) is 4.65. The molecule has 0 radical (unpaired) electrons. The zero-order valence-electron chi connectivity index (χ0n) is 6.17. The van der Waals surface area contributed by atoms with Crippen LogP contribution >= 0.6 is 0 Å². The van der Waals surface area contributed by atoms with Crippen LogP contribution in [0.1, 0.15) is 6.92 Å². The summed E-state index contributed by atoms with van der Waals surface area (Å²) in [5, 5.41) is 0. The normalized spacial score (nSPS) is 12.4. The summed E-state index contributed by atoms with van der Waals surface area (Å²) >= 11 is 0. The van der Waals surface area contributed by atoms with Crippen LogP contribution in [0.4, 0.5) is 4.39 Å². The van der Waals surface area contributed by atoms with Crippen LogP contribution in [-0.4, -0.2) is 38.7 Å². The molecule has 0 unspecified atom stereocenters. The van der Waals surface area contributed by atoms with Gasteiger partial charge in [-0.15, -0.1) is 0 Å². The molecule has 0 heterocycles. The van der Waals surface area contributed by atoms with E-state index in [1.165, 1.54) is 7.05 Å². The molecule has 0 saturated heterocycles. The number of halogens is 1. The Hall–Kier alpha value is -0.160. The summed E-state index contributed by atoms with van der Waals surface area (Å²) in [6.45, 7) is 1.28. The predicted molar refractivity (Wildman–Crippen MR) is 38.1 cm³/mol. The Balaban J connectivity index is 4.12. The van der Waals surface area contributed by atoms with E-state index in [0.717, 1.165) is 4.31 Å². The highest BCUT2D eigenvalue weighted by atomic mass is 32.2. The highest BCUT2D eigenvalue weighted by Crippen LogP contribution is 1.96. The molecule has 0 aliphatic carbocycles. The molecule has 5 heteroatoms. The summed E-state index contributed by atoms with van der Waals surface area (Å²) in [6.07, 6.45) is 0. The molecule has 0 atom stereocenters. The van der Waals surface area contributed by atoms with Crippen LogP contribution in [0, 0.1) is 0 Å². The van der Waals surface area contributed by atoms with Gasteiger partial charge in [-0.05, 0) is 0 Å². The van der Waals surface area contributed by atoms with E-state index in [0.29, 0.717) is 6.54 Å². The maximum absolute atomic E-state index is 11.6. The summed E-state index contributed by atoms with van der Waals surface area (Å²) in [7, 11) is -1.87. The minimum atomic E-state index is -3.30. The average Bonchev–Trinajstić information content (AvgIpc) is 1.86. The lowest BCUT2D eigenvalue weighted by atomic mass is 10.8. The Morgan fingerprint density at radius 2 is 2.00 bits per heavy atom. The molecule has 0 aliphatic rings. The SMILES string of the molecule is CCN(C)S(=O)(=O)CCF.